The molecule has 7 heteroatoms. The maximum absolute atomic E-state index is 12.1. The summed E-state index contributed by atoms with van der Waals surface area (Å²) in [6.45, 7) is 1.94. The Hall–Kier alpha value is -2.67. The Morgan fingerprint density at radius 3 is 2.48 bits per heavy atom. The van der Waals surface area contributed by atoms with Gasteiger partial charge in [-0.05, 0) is 36.2 Å². The van der Waals surface area contributed by atoms with E-state index in [9.17, 15) is 14.4 Å². The highest BCUT2D eigenvalue weighted by Crippen LogP contribution is 2.17. The van der Waals surface area contributed by atoms with E-state index in [0.29, 0.717) is 37.2 Å². The zero-order valence-electron chi connectivity index (χ0n) is 15.0. The fourth-order valence-electron chi connectivity index (χ4n) is 2.38. The van der Waals surface area contributed by atoms with Crippen LogP contribution in [-0.4, -0.2) is 30.9 Å². The number of ether oxygens (including phenoxy) is 1. The molecule has 142 valence electrons. The summed E-state index contributed by atoms with van der Waals surface area (Å²) in [4.78, 5) is 35.0. The molecule has 2 rings (SSSR count). The molecule has 0 fully saturated rings. The number of nitrogens with one attached hydrogen (secondary N) is 2. The van der Waals surface area contributed by atoms with Crippen LogP contribution in [0.1, 0.15) is 29.3 Å². The quantitative estimate of drug-likeness (QED) is 0.381. The average Bonchev–Trinajstić information content (AvgIpc) is 2.64. The van der Waals surface area contributed by atoms with Crippen molar-refractivity contribution in [1.82, 2.24) is 10.6 Å². The molecular weight excluding hydrogens is 412 g/mol. The molecule has 2 N–H and O–H groups in total. The lowest BCUT2D eigenvalue weighted by Crippen LogP contribution is -2.34. The van der Waals surface area contributed by atoms with Gasteiger partial charge in [0.25, 0.3) is 5.91 Å². The Labute approximate surface area is 166 Å². The Bertz CT molecular complexity index is 823. The van der Waals surface area contributed by atoms with Crippen LogP contribution in [0.15, 0.2) is 53.0 Å². The van der Waals surface area contributed by atoms with Crippen LogP contribution < -0.4 is 15.4 Å². The van der Waals surface area contributed by atoms with Crippen molar-refractivity contribution in [3.63, 3.8) is 0 Å². The summed E-state index contributed by atoms with van der Waals surface area (Å²) in [5.74, 6) is -0.503. The summed E-state index contributed by atoms with van der Waals surface area (Å²) in [5.41, 5.74) is 1.46. The topological polar surface area (TPSA) is 84.5 Å². The van der Waals surface area contributed by atoms with Crippen molar-refractivity contribution in [3.8, 4) is 5.75 Å². The molecule has 0 aliphatic heterocycles. The number of hydrogen-bond donors (Lipinski definition) is 2. The van der Waals surface area contributed by atoms with Gasteiger partial charge in [-0.3, -0.25) is 14.4 Å². The normalized spacial score (nSPS) is 10.1. The molecule has 0 unspecified atom stereocenters. The van der Waals surface area contributed by atoms with Gasteiger partial charge >= 0.3 is 5.97 Å². The van der Waals surface area contributed by atoms with Crippen LogP contribution in [0.3, 0.4) is 0 Å². The molecule has 0 heterocycles. The minimum atomic E-state index is -0.446. The number of benzene rings is 2. The van der Waals surface area contributed by atoms with Gasteiger partial charge in [0.2, 0.25) is 5.91 Å². The van der Waals surface area contributed by atoms with Gasteiger partial charge < -0.3 is 15.4 Å². The van der Waals surface area contributed by atoms with E-state index >= 15 is 0 Å². The summed E-state index contributed by atoms with van der Waals surface area (Å²) in [7, 11) is 0. The molecule has 0 spiro atoms. The maximum Gasteiger partial charge on any atom is 0.308 e. The van der Waals surface area contributed by atoms with Crippen molar-refractivity contribution in [3.05, 3.63) is 64.1 Å². The first kappa shape index (κ1) is 20.6. The summed E-state index contributed by atoms with van der Waals surface area (Å²) in [6, 6.07) is 14.1. The Kier molecular flexibility index (Phi) is 8.00. The second-order valence-corrected chi connectivity index (χ2v) is 6.67. The van der Waals surface area contributed by atoms with Crippen LogP contribution in [0, 0.1) is 0 Å². The SMILES string of the molecule is CC(=O)Oc1cccc(C(=O)NCCNC(=O)CCc2ccccc2Br)c1. The number of esters is 1. The molecule has 0 aliphatic carbocycles. The summed E-state index contributed by atoms with van der Waals surface area (Å²) in [6.07, 6.45) is 1.02. The van der Waals surface area contributed by atoms with Gasteiger partial charge in [-0.2, -0.15) is 0 Å². The van der Waals surface area contributed by atoms with Crippen molar-refractivity contribution < 1.29 is 19.1 Å². The number of halogens is 1. The lowest BCUT2D eigenvalue weighted by atomic mass is 10.1. The molecule has 6 nitrogen and oxygen atoms in total. The predicted octanol–water partition coefficient (Wildman–Crippen LogP) is 2.85. The number of amides is 2. The zero-order valence-corrected chi connectivity index (χ0v) is 16.5. The molecular formula is C20H21BrN2O4. The van der Waals surface area contributed by atoms with Gasteiger partial charge in [0.15, 0.2) is 0 Å². The Morgan fingerprint density at radius 2 is 1.74 bits per heavy atom. The van der Waals surface area contributed by atoms with Crippen molar-refractivity contribution in [2.75, 3.05) is 13.1 Å². The molecule has 0 saturated carbocycles. The highest BCUT2D eigenvalue weighted by atomic mass is 79.9. The van der Waals surface area contributed by atoms with Crippen LogP contribution in [-0.2, 0) is 16.0 Å². The molecule has 0 atom stereocenters. The second-order valence-electron chi connectivity index (χ2n) is 5.82. The molecule has 0 aromatic heterocycles. The van der Waals surface area contributed by atoms with Gasteiger partial charge in [-0.25, -0.2) is 0 Å². The monoisotopic (exact) mass is 432 g/mol. The average molecular weight is 433 g/mol. The highest BCUT2D eigenvalue weighted by Gasteiger charge is 2.08. The number of carbonyl (C=O) groups is 3. The third-order valence-electron chi connectivity index (χ3n) is 3.67. The van der Waals surface area contributed by atoms with Crippen molar-refractivity contribution in [1.29, 1.82) is 0 Å². The molecule has 0 saturated heterocycles. The Balaban J connectivity index is 1.70. The van der Waals surface area contributed by atoms with Gasteiger partial charge in [0.05, 0.1) is 0 Å². The highest BCUT2D eigenvalue weighted by molar-refractivity contribution is 9.10. The van der Waals surface area contributed by atoms with Crippen molar-refractivity contribution >= 4 is 33.7 Å². The van der Waals surface area contributed by atoms with Gasteiger partial charge in [-0.15, -0.1) is 0 Å². The van der Waals surface area contributed by atoms with Gasteiger partial charge in [0.1, 0.15) is 5.75 Å². The lowest BCUT2D eigenvalue weighted by Gasteiger charge is -2.09. The molecule has 2 aromatic carbocycles. The summed E-state index contributed by atoms with van der Waals surface area (Å²) >= 11 is 3.46. The third-order valence-corrected chi connectivity index (χ3v) is 4.44. The molecule has 0 aliphatic rings. The maximum atomic E-state index is 12.1. The van der Waals surface area contributed by atoms with Crippen LogP contribution >= 0.6 is 15.9 Å². The largest absolute Gasteiger partial charge is 0.427 e. The first-order valence-electron chi connectivity index (χ1n) is 8.52. The van der Waals surface area contributed by atoms with Crippen LogP contribution in [0.2, 0.25) is 0 Å². The minimum absolute atomic E-state index is 0.0724. The number of carbonyl (C=O) groups excluding carboxylic acids is 3. The van der Waals surface area contributed by atoms with Crippen LogP contribution in [0.4, 0.5) is 0 Å². The van der Waals surface area contributed by atoms with E-state index in [2.05, 4.69) is 26.6 Å². The van der Waals surface area contributed by atoms with Gasteiger partial charge in [-0.1, -0.05) is 40.2 Å². The molecule has 2 aromatic rings. The van der Waals surface area contributed by atoms with Crippen molar-refractivity contribution in [2.24, 2.45) is 0 Å². The van der Waals surface area contributed by atoms with Gasteiger partial charge in [0, 0.05) is 36.5 Å². The number of aryl methyl sites for hydroxylation is 1. The summed E-state index contributed by atoms with van der Waals surface area (Å²) < 4.78 is 5.94. The van der Waals surface area contributed by atoms with E-state index in [1.54, 1.807) is 18.2 Å². The van der Waals surface area contributed by atoms with Crippen LogP contribution in [0.5, 0.6) is 5.75 Å². The Morgan fingerprint density at radius 1 is 1.00 bits per heavy atom. The first-order chi connectivity index (χ1) is 13.0. The van der Waals surface area contributed by atoms with E-state index in [-0.39, 0.29) is 11.8 Å². The molecule has 0 radical (unpaired) electrons. The third kappa shape index (κ3) is 7.22. The molecule has 0 bridgehead atoms. The zero-order chi connectivity index (χ0) is 19.6. The first-order valence-corrected chi connectivity index (χ1v) is 9.32. The van der Waals surface area contributed by atoms with E-state index in [0.717, 1.165) is 10.0 Å². The fourth-order valence-corrected chi connectivity index (χ4v) is 2.87. The van der Waals surface area contributed by atoms with E-state index in [1.807, 2.05) is 24.3 Å². The van der Waals surface area contributed by atoms with E-state index in [1.165, 1.54) is 13.0 Å². The van der Waals surface area contributed by atoms with Crippen LogP contribution in [0.25, 0.3) is 0 Å². The molecule has 27 heavy (non-hydrogen) atoms. The number of rotatable bonds is 8. The fraction of sp³-hybridized carbons (Fsp3) is 0.250. The van der Waals surface area contributed by atoms with E-state index < -0.39 is 5.97 Å². The van der Waals surface area contributed by atoms with Crippen molar-refractivity contribution in [2.45, 2.75) is 19.8 Å². The van der Waals surface area contributed by atoms with E-state index in [4.69, 9.17) is 4.74 Å². The summed E-state index contributed by atoms with van der Waals surface area (Å²) in [5, 5.41) is 5.49. The molecule has 2 amide bonds. The number of hydrogen-bond acceptors (Lipinski definition) is 4. The standard InChI is InChI=1S/C20H21BrN2O4/c1-14(24)27-17-7-4-6-16(13-17)20(26)23-12-11-22-19(25)10-9-15-5-2-3-8-18(15)21/h2-8,13H,9-12H2,1H3,(H,22,25)(H,23,26). The minimum Gasteiger partial charge on any atom is -0.427 e. The second kappa shape index (κ2) is 10.5. The lowest BCUT2D eigenvalue weighted by molar-refractivity contribution is -0.131. The predicted molar refractivity (Wildman–Crippen MR) is 106 cm³/mol. The smallest absolute Gasteiger partial charge is 0.308 e.